The zero-order chi connectivity index (χ0) is 12.3. The molecule has 0 aliphatic rings. The Balaban J connectivity index is 2.66. The molecule has 0 amide bonds. The lowest BCUT2D eigenvalue weighted by Gasteiger charge is -2.19. The van der Waals surface area contributed by atoms with Crippen molar-refractivity contribution in [1.29, 1.82) is 0 Å². The number of rotatable bonds is 4. The van der Waals surface area contributed by atoms with Crippen LogP contribution in [0, 0.1) is 6.92 Å². The molecule has 0 fully saturated rings. The molecule has 0 saturated carbocycles. The molecule has 92 valence electrons. The van der Waals surface area contributed by atoms with Gasteiger partial charge in [0.15, 0.2) is 0 Å². The summed E-state index contributed by atoms with van der Waals surface area (Å²) in [7, 11) is 3.50. The second kappa shape index (κ2) is 4.84. The Kier molecular flexibility index (Phi) is 3.93. The zero-order valence-corrected chi connectivity index (χ0v) is 10.9. The second-order valence-corrected chi connectivity index (χ2v) is 4.73. The monoisotopic (exact) mass is 227 g/mol. The van der Waals surface area contributed by atoms with E-state index in [9.17, 15) is 0 Å². The first-order valence-corrected chi connectivity index (χ1v) is 5.32. The van der Waals surface area contributed by atoms with Gasteiger partial charge in [0.2, 0.25) is 5.88 Å². The van der Waals surface area contributed by atoms with Crippen molar-refractivity contribution in [3.05, 3.63) is 11.3 Å². The van der Waals surface area contributed by atoms with Gasteiger partial charge in [0.05, 0.1) is 30.5 Å². The Hall–Kier alpha value is -1.07. The van der Waals surface area contributed by atoms with Crippen molar-refractivity contribution in [2.45, 2.75) is 39.8 Å². The Bertz CT molecular complexity index is 353. The van der Waals surface area contributed by atoms with Gasteiger partial charge in [-0.05, 0) is 27.7 Å². The zero-order valence-electron chi connectivity index (χ0n) is 10.9. The van der Waals surface area contributed by atoms with E-state index in [0.717, 1.165) is 17.1 Å². The van der Waals surface area contributed by atoms with Crippen molar-refractivity contribution in [2.24, 2.45) is 7.05 Å². The van der Waals surface area contributed by atoms with Gasteiger partial charge in [-0.2, -0.15) is 10.6 Å². The van der Waals surface area contributed by atoms with Gasteiger partial charge in [0, 0.05) is 7.05 Å². The summed E-state index contributed by atoms with van der Waals surface area (Å²) in [6.45, 7) is 8.52. The topological polar surface area (TPSA) is 48.3 Å². The molecule has 0 saturated heterocycles. The van der Waals surface area contributed by atoms with Crippen LogP contribution in [0.15, 0.2) is 0 Å². The number of hydrogen-bond acceptors (Lipinski definition) is 4. The third kappa shape index (κ3) is 3.21. The molecular weight excluding hydrogens is 206 g/mol. The molecule has 0 unspecified atom stereocenters. The normalized spacial score (nSPS) is 11.9. The van der Waals surface area contributed by atoms with E-state index in [0.29, 0.717) is 6.54 Å². The summed E-state index contributed by atoms with van der Waals surface area (Å²) in [4.78, 5) is 5.45. The molecule has 0 aromatic carbocycles. The number of aryl methyl sites for hydroxylation is 2. The van der Waals surface area contributed by atoms with Gasteiger partial charge in [0.1, 0.15) is 0 Å². The molecule has 5 nitrogen and oxygen atoms in total. The molecule has 0 bridgehead atoms. The highest BCUT2D eigenvalue weighted by Gasteiger charge is 2.15. The molecule has 0 aliphatic carbocycles. The van der Waals surface area contributed by atoms with Crippen molar-refractivity contribution in [3.63, 3.8) is 0 Å². The molecule has 1 aromatic heterocycles. The Morgan fingerprint density at radius 2 is 2.00 bits per heavy atom. The van der Waals surface area contributed by atoms with E-state index < -0.39 is 0 Å². The fraction of sp³-hybridized carbons (Fsp3) is 0.727. The van der Waals surface area contributed by atoms with Crippen LogP contribution in [0.1, 0.15) is 32.0 Å². The molecular formula is C11H21N3O2. The highest BCUT2D eigenvalue weighted by Crippen LogP contribution is 2.20. The molecule has 1 aromatic rings. The SMILES string of the molecule is COc1c(CNOC(C)(C)C)c(C)nn1C. The van der Waals surface area contributed by atoms with Crippen LogP contribution in [-0.2, 0) is 18.4 Å². The van der Waals surface area contributed by atoms with Crippen molar-refractivity contribution in [3.8, 4) is 5.88 Å². The summed E-state index contributed by atoms with van der Waals surface area (Å²) < 4.78 is 7.01. The van der Waals surface area contributed by atoms with Gasteiger partial charge in [-0.25, -0.2) is 4.68 Å². The smallest absolute Gasteiger partial charge is 0.216 e. The summed E-state index contributed by atoms with van der Waals surface area (Å²) in [6, 6.07) is 0. The van der Waals surface area contributed by atoms with Gasteiger partial charge in [-0.15, -0.1) is 0 Å². The third-order valence-corrected chi connectivity index (χ3v) is 2.11. The highest BCUT2D eigenvalue weighted by molar-refractivity contribution is 5.30. The summed E-state index contributed by atoms with van der Waals surface area (Å²) in [5.74, 6) is 0.766. The lowest BCUT2D eigenvalue weighted by molar-refractivity contribution is -0.0760. The first-order valence-electron chi connectivity index (χ1n) is 5.32. The number of ether oxygens (including phenoxy) is 1. The first kappa shape index (κ1) is 13.0. The van der Waals surface area contributed by atoms with Gasteiger partial charge in [0.25, 0.3) is 0 Å². The molecule has 0 radical (unpaired) electrons. The van der Waals surface area contributed by atoms with Crippen molar-refractivity contribution in [2.75, 3.05) is 7.11 Å². The van der Waals surface area contributed by atoms with Crippen LogP contribution in [0.2, 0.25) is 0 Å². The van der Waals surface area contributed by atoms with E-state index in [4.69, 9.17) is 9.57 Å². The predicted molar refractivity (Wildman–Crippen MR) is 62.2 cm³/mol. The minimum absolute atomic E-state index is 0.205. The summed E-state index contributed by atoms with van der Waals surface area (Å²) >= 11 is 0. The third-order valence-electron chi connectivity index (χ3n) is 2.11. The van der Waals surface area contributed by atoms with Crippen LogP contribution < -0.4 is 10.2 Å². The minimum atomic E-state index is -0.205. The van der Waals surface area contributed by atoms with E-state index in [1.54, 1.807) is 11.8 Å². The molecule has 16 heavy (non-hydrogen) atoms. The molecule has 5 heteroatoms. The molecule has 0 spiro atoms. The van der Waals surface area contributed by atoms with Crippen LogP contribution >= 0.6 is 0 Å². The maximum atomic E-state index is 5.45. The largest absolute Gasteiger partial charge is 0.481 e. The number of hydrogen-bond donors (Lipinski definition) is 1. The van der Waals surface area contributed by atoms with E-state index in [2.05, 4.69) is 10.6 Å². The average Bonchev–Trinajstić information content (AvgIpc) is 2.39. The number of methoxy groups -OCH3 is 1. The van der Waals surface area contributed by atoms with Crippen LogP contribution in [0.4, 0.5) is 0 Å². The van der Waals surface area contributed by atoms with E-state index in [1.165, 1.54) is 0 Å². The van der Waals surface area contributed by atoms with E-state index >= 15 is 0 Å². The Morgan fingerprint density at radius 1 is 1.38 bits per heavy atom. The van der Waals surface area contributed by atoms with Gasteiger partial charge < -0.3 is 4.74 Å². The Morgan fingerprint density at radius 3 is 2.50 bits per heavy atom. The fourth-order valence-electron chi connectivity index (χ4n) is 1.46. The number of nitrogens with one attached hydrogen (secondary N) is 1. The van der Waals surface area contributed by atoms with E-state index in [1.807, 2.05) is 34.7 Å². The van der Waals surface area contributed by atoms with Crippen molar-refractivity contribution in [1.82, 2.24) is 15.3 Å². The summed E-state index contributed by atoms with van der Waals surface area (Å²) in [5, 5.41) is 4.29. The molecule has 1 heterocycles. The summed E-state index contributed by atoms with van der Waals surface area (Å²) in [5.41, 5.74) is 4.70. The van der Waals surface area contributed by atoms with Gasteiger partial charge in [-0.3, -0.25) is 4.84 Å². The lowest BCUT2D eigenvalue weighted by Crippen LogP contribution is -2.28. The number of hydroxylamine groups is 1. The van der Waals surface area contributed by atoms with Crippen LogP contribution in [-0.4, -0.2) is 22.5 Å². The molecule has 0 aliphatic heterocycles. The molecule has 1 N–H and O–H groups in total. The summed E-state index contributed by atoms with van der Waals surface area (Å²) in [6.07, 6.45) is 0. The maximum Gasteiger partial charge on any atom is 0.216 e. The fourth-order valence-corrected chi connectivity index (χ4v) is 1.46. The predicted octanol–water partition coefficient (Wildman–Crippen LogP) is 1.56. The standard InChI is InChI=1S/C11H21N3O2/c1-8-9(7-12-16-11(2,3)4)10(15-6)14(5)13-8/h12H,7H2,1-6H3. The number of nitrogens with zero attached hydrogens (tertiary/aromatic N) is 2. The van der Waals surface area contributed by atoms with Crippen molar-refractivity contribution >= 4 is 0 Å². The number of aromatic nitrogens is 2. The average molecular weight is 227 g/mol. The first-order chi connectivity index (χ1) is 7.35. The Labute approximate surface area is 96.7 Å². The maximum absolute atomic E-state index is 5.45. The van der Waals surface area contributed by atoms with Gasteiger partial charge >= 0.3 is 0 Å². The second-order valence-electron chi connectivity index (χ2n) is 4.73. The van der Waals surface area contributed by atoms with Crippen LogP contribution in [0.25, 0.3) is 0 Å². The van der Waals surface area contributed by atoms with Gasteiger partial charge in [-0.1, -0.05) is 0 Å². The quantitative estimate of drug-likeness (QED) is 0.793. The van der Waals surface area contributed by atoms with Crippen LogP contribution in [0.3, 0.4) is 0 Å². The highest BCUT2D eigenvalue weighted by atomic mass is 16.7. The molecule has 0 atom stereocenters. The minimum Gasteiger partial charge on any atom is -0.481 e. The van der Waals surface area contributed by atoms with Crippen molar-refractivity contribution < 1.29 is 9.57 Å². The molecule has 1 rings (SSSR count). The van der Waals surface area contributed by atoms with Crippen LogP contribution in [0.5, 0.6) is 5.88 Å². The van der Waals surface area contributed by atoms with E-state index in [-0.39, 0.29) is 5.60 Å². The lowest BCUT2D eigenvalue weighted by atomic mass is 10.2.